The van der Waals surface area contributed by atoms with Crippen molar-refractivity contribution in [3.8, 4) is 34.5 Å². The van der Waals surface area contributed by atoms with Crippen molar-refractivity contribution in [2.24, 2.45) is 22.9 Å². The third-order valence-electron chi connectivity index (χ3n) is 12.4. The number of aliphatic hydroxyl groups is 2. The third-order valence-corrected chi connectivity index (χ3v) is 12.4. The SMILES string of the molecule is C=CCOC12Oc3ccc(OC(=O)Nc4ccc(OC)cc4OC)cc3C3C(CCCCO)C(CCCCO)C=C(C(=NOC)CC1N(Cc1ccc4c(c1)OCO4)C(=O)OCC)C32. The smallest absolute Gasteiger partial charge is 0.417 e. The molecule has 16 nitrogen and oxygen atoms in total. The Hall–Kier alpha value is -5.97. The lowest BCUT2D eigenvalue weighted by Gasteiger charge is -2.59. The molecule has 7 rings (SSSR count). The lowest BCUT2D eigenvalue weighted by atomic mass is 9.55. The van der Waals surface area contributed by atoms with Gasteiger partial charge in [-0.3, -0.25) is 10.2 Å². The number of anilines is 1. The van der Waals surface area contributed by atoms with Crippen LogP contribution in [0.25, 0.3) is 0 Å². The first kappa shape index (κ1) is 46.0. The van der Waals surface area contributed by atoms with Crippen molar-refractivity contribution in [1.29, 1.82) is 0 Å². The molecule has 3 aromatic rings. The molecule has 344 valence electrons. The number of benzene rings is 3. The van der Waals surface area contributed by atoms with Gasteiger partial charge >= 0.3 is 12.2 Å². The number of nitrogens with zero attached hydrogens (tertiary/aromatic N) is 2. The van der Waals surface area contributed by atoms with Crippen LogP contribution in [0.5, 0.6) is 34.5 Å². The number of fused-ring (bicyclic) bond motifs is 3. The molecule has 1 fully saturated rings. The second-order valence-electron chi connectivity index (χ2n) is 16.1. The second-order valence-corrected chi connectivity index (χ2v) is 16.1. The highest BCUT2D eigenvalue weighted by Crippen LogP contribution is 2.62. The fourth-order valence-electron chi connectivity index (χ4n) is 9.71. The predicted octanol–water partition coefficient (Wildman–Crippen LogP) is 7.97. The van der Waals surface area contributed by atoms with Crippen molar-refractivity contribution in [2.45, 2.75) is 76.2 Å². The second kappa shape index (κ2) is 21.1. The van der Waals surface area contributed by atoms with Crippen molar-refractivity contribution >= 4 is 23.6 Å². The number of amides is 2. The number of aliphatic hydroxyl groups excluding tert-OH is 2. The maximum atomic E-state index is 14.4. The van der Waals surface area contributed by atoms with Crippen molar-refractivity contribution < 1.29 is 62.5 Å². The maximum Gasteiger partial charge on any atom is 0.417 e. The Morgan fingerprint density at radius 3 is 2.44 bits per heavy atom. The van der Waals surface area contributed by atoms with Gasteiger partial charge in [0.1, 0.15) is 36.1 Å². The number of methoxy groups -OCH3 is 2. The number of hydrogen-bond donors (Lipinski definition) is 3. The number of carbonyl (C=O) groups is 2. The highest BCUT2D eigenvalue weighted by atomic mass is 16.7. The van der Waals surface area contributed by atoms with E-state index < -0.39 is 29.9 Å². The molecule has 4 aliphatic rings. The van der Waals surface area contributed by atoms with Crippen LogP contribution in [0.3, 0.4) is 0 Å². The average molecular weight is 886 g/mol. The summed E-state index contributed by atoms with van der Waals surface area (Å²) < 4.78 is 48.2. The molecule has 16 heteroatoms. The molecule has 2 aliphatic carbocycles. The van der Waals surface area contributed by atoms with Gasteiger partial charge in [0.15, 0.2) is 11.5 Å². The Labute approximate surface area is 373 Å². The summed E-state index contributed by atoms with van der Waals surface area (Å²) >= 11 is 0. The van der Waals surface area contributed by atoms with Crippen LogP contribution in [-0.4, -0.2) is 99.4 Å². The van der Waals surface area contributed by atoms with E-state index in [0.29, 0.717) is 53.0 Å². The van der Waals surface area contributed by atoms with Gasteiger partial charge in [0.05, 0.1) is 44.8 Å². The highest BCUT2D eigenvalue weighted by molar-refractivity contribution is 6.03. The first-order valence-corrected chi connectivity index (χ1v) is 21.9. The van der Waals surface area contributed by atoms with E-state index in [1.807, 2.05) is 24.3 Å². The van der Waals surface area contributed by atoms with E-state index >= 15 is 0 Å². The van der Waals surface area contributed by atoms with Gasteiger partial charge in [-0.25, -0.2) is 9.59 Å². The molecule has 6 atom stereocenters. The van der Waals surface area contributed by atoms with E-state index in [1.165, 1.54) is 14.2 Å². The van der Waals surface area contributed by atoms with Crippen molar-refractivity contribution in [3.63, 3.8) is 0 Å². The molecule has 3 aromatic carbocycles. The van der Waals surface area contributed by atoms with Crippen LogP contribution in [-0.2, 0) is 20.9 Å². The van der Waals surface area contributed by atoms with E-state index in [4.69, 9.17) is 42.7 Å². The maximum absolute atomic E-state index is 14.4. The minimum absolute atomic E-state index is 0.00615. The standard InChI is InChI=1S/C48H59N3O13/c1-6-22-62-48-43(51(47(55)59-7-2)28-30-14-18-40-42(23-30)61-29-60-40)27-38(50-58-5)35-24-31(12-8-10-20-52)34(13-9-11-21-53)44(45(35)48)36-25-33(16-19-39(36)64-48)63-46(54)49-37-17-15-32(56-3)26-41(37)57-4/h6,14-19,23-26,31,34,43-45,52-53H,1,7-13,20-22,27-29H2,2-5H3,(H,49,54). The topological polar surface area (TPSA) is 185 Å². The van der Waals surface area contributed by atoms with Crippen LogP contribution in [0.1, 0.15) is 68.9 Å². The molecular weight excluding hydrogens is 827 g/mol. The van der Waals surface area contributed by atoms with Crippen molar-refractivity contribution in [2.75, 3.05) is 59.9 Å². The Bertz CT molecular complexity index is 2200. The number of carbonyl (C=O) groups excluding carboxylic acids is 2. The molecule has 0 bridgehead atoms. The molecule has 64 heavy (non-hydrogen) atoms. The largest absolute Gasteiger partial charge is 0.497 e. The fourth-order valence-corrected chi connectivity index (χ4v) is 9.71. The van der Waals surface area contributed by atoms with Crippen LogP contribution in [0, 0.1) is 17.8 Å². The molecule has 1 saturated carbocycles. The quantitative estimate of drug-likeness (QED) is 0.0564. The van der Waals surface area contributed by atoms with E-state index in [9.17, 15) is 19.8 Å². The number of allylic oxidation sites excluding steroid dienone is 1. The predicted molar refractivity (Wildman–Crippen MR) is 236 cm³/mol. The summed E-state index contributed by atoms with van der Waals surface area (Å²) in [5, 5.41) is 27.3. The first-order valence-electron chi connectivity index (χ1n) is 21.9. The van der Waals surface area contributed by atoms with Gasteiger partial charge in [0.2, 0.25) is 12.6 Å². The van der Waals surface area contributed by atoms with Crippen LogP contribution >= 0.6 is 0 Å². The molecule has 2 amide bonds. The van der Waals surface area contributed by atoms with E-state index in [1.54, 1.807) is 55.3 Å². The van der Waals surface area contributed by atoms with Gasteiger partial charge in [-0.2, -0.15) is 0 Å². The molecular formula is C48H59N3O13. The van der Waals surface area contributed by atoms with Crippen LogP contribution < -0.4 is 33.7 Å². The van der Waals surface area contributed by atoms with Crippen molar-refractivity contribution in [3.05, 3.63) is 90.0 Å². The van der Waals surface area contributed by atoms with Gasteiger partial charge in [-0.05, 0) is 98.0 Å². The summed E-state index contributed by atoms with van der Waals surface area (Å²) in [4.78, 5) is 35.2. The molecule has 3 N–H and O–H groups in total. The summed E-state index contributed by atoms with van der Waals surface area (Å²) in [6.07, 6.45) is 6.96. The Kier molecular flexibility index (Phi) is 15.2. The Morgan fingerprint density at radius 1 is 0.938 bits per heavy atom. The monoisotopic (exact) mass is 885 g/mol. The van der Waals surface area contributed by atoms with Crippen molar-refractivity contribution in [1.82, 2.24) is 4.90 Å². The number of oxime groups is 1. The van der Waals surface area contributed by atoms with Crippen LogP contribution in [0.4, 0.5) is 15.3 Å². The zero-order valence-electron chi connectivity index (χ0n) is 36.9. The van der Waals surface area contributed by atoms with Gasteiger partial charge in [-0.15, -0.1) is 6.58 Å². The zero-order chi connectivity index (χ0) is 45.2. The molecule has 2 heterocycles. The number of nitrogens with one attached hydrogen (secondary N) is 1. The lowest BCUT2D eigenvalue weighted by molar-refractivity contribution is -0.256. The number of rotatable bonds is 20. The minimum Gasteiger partial charge on any atom is -0.497 e. The number of unbranched alkanes of at least 4 members (excludes halogenated alkanes) is 2. The molecule has 0 aromatic heterocycles. The van der Waals surface area contributed by atoms with Gasteiger partial charge in [-0.1, -0.05) is 36.2 Å². The number of ether oxygens (including phenoxy) is 8. The summed E-state index contributed by atoms with van der Waals surface area (Å²) in [5.74, 6) is 0.318. The van der Waals surface area contributed by atoms with Crippen LogP contribution in [0.2, 0.25) is 0 Å². The van der Waals surface area contributed by atoms with Gasteiger partial charge in [0, 0.05) is 43.7 Å². The molecule has 0 saturated heterocycles. The summed E-state index contributed by atoms with van der Waals surface area (Å²) in [7, 11) is 4.53. The lowest BCUT2D eigenvalue weighted by Crippen LogP contribution is -2.70. The fraction of sp³-hybridized carbons (Fsp3) is 0.479. The van der Waals surface area contributed by atoms with E-state index in [0.717, 1.165) is 42.4 Å². The summed E-state index contributed by atoms with van der Waals surface area (Å²) in [6, 6.07) is 15.0. The third kappa shape index (κ3) is 9.59. The normalized spacial score (nSPS) is 23.1. The zero-order valence-corrected chi connectivity index (χ0v) is 36.9. The highest BCUT2D eigenvalue weighted by Gasteiger charge is 2.65. The average Bonchev–Trinajstić information content (AvgIpc) is 3.77. The molecule has 0 spiro atoms. The molecule has 6 unspecified atom stereocenters. The Morgan fingerprint density at radius 2 is 1.70 bits per heavy atom. The Balaban J connectivity index is 1.38. The van der Waals surface area contributed by atoms with Crippen LogP contribution in [0.15, 0.2) is 84.1 Å². The first-order chi connectivity index (χ1) is 31.2. The minimum atomic E-state index is -1.54. The molecule has 0 radical (unpaired) electrons. The van der Waals surface area contributed by atoms with Gasteiger partial charge in [0.25, 0.3) is 0 Å². The number of hydrogen-bond acceptors (Lipinski definition) is 14. The molecule has 2 aliphatic heterocycles. The van der Waals surface area contributed by atoms with Gasteiger partial charge < -0.3 is 52.9 Å². The summed E-state index contributed by atoms with van der Waals surface area (Å²) in [5.41, 5.74) is 3.40. The van der Waals surface area contributed by atoms with E-state index in [2.05, 4.69) is 23.1 Å². The van der Waals surface area contributed by atoms with E-state index in [-0.39, 0.29) is 69.7 Å². The summed E-state index contributed by atoms with van der Waals surface area (Å²) in [6.45, 7) is 6.24.